The van der Waals surface area contributed by atoms with Crippen molar-refractivity contribution in [3.63, 3.8) is 0 Å². The van der Waals surface area contributed by atoms with Gasteiger partial charge in [0.2, 0.25) is 6.79 Å². The van der Waals surface area contributed by atoms with E-state index < -0.39 is 0 Å². The molecule has 0 fully saturated rings. The molecule has 3 nitrogen and oxygen atoms in total. The molecule has 0 aliphatic carbocycles. The molecule has 0 amide bonds. The molecular weight excluding hydrogens is 379 g/mol. The minimum atomic E-state index is -0.346. The van der Waals surface area contributed by atoms with Gasteiger partial charge in [0.25, 0.3) is 0 Å². The van der Waals surface area contributed by atoms with Gasteiger partial charge in [-0.15, -0.1) is 0 Å². The number of ether oxygens (including phenoxy) is 3. The van der Waals surface area contributed by atoms with E-state index in [0.717, 1.165) is 42.7 Å². The fraction of sp³-hybridized carbons (Fsp3) is 0.308. The number of aryl methyl sites for hydroxylation is 1. The van der Waals surface area contributed by atoms with Crippen molar-refractivity contribution in [3.05, 3.63) is 83.7 Å². The zero-order valence-corrected chi connectivity index (χ0v) is 17.5. The minimum absolute atomic E-state index is 0.0460. The van der Waals surface area contributed by atoms with Gasteiger partial charge in [0, 0.05) is 0 Å². The SMILES string of the molecule is CCC(C)(CCCc1ccc(F)c(Oc2ccccc2)c1)c1ccc2c(c1)OCO2. The molecule has 0 aromatic heterocycles. The van der Waals surface area contributed by atoms with Gasteiger partial charge >= 0.3 is 0 Å². The molecule has 0 saturated heterocycles. The maximum absolute atomic E-state index is 14.2. The monoisotopic (exact) mass is 406 g/mol. The first kappa shape index (κ1) is 20.3. The summed E-state index contributed by atoms with van der Waals surface area (Å²) in [6, 6.07) is 20.7. The van der Waals surface area contributed by atoms with Crippen LogP contribution in [0.4, 0.5) is 4.39 Å². The van der Waals surface area contributed by atoms with Crippen LogP contribution in [-0.2, 0) is 11.8 Å². The van der Waals surface area contributed by atoms with E-state index in [1.165, 1.54) is 11.6 Å². The van der Waals surface area contributed by atoms with Gasteiger partial charge in [-0.1, -0.05) is 44.2 Å². The van der Waals surface area contributed by atoms with Crippen LogP contribution in [0, 0.1) is 5.82 Å². The highest BCUT2D eigenvalue weighted by Crippen LogP contribution is 2.40. The summed E-state index contributed by atoms with van der Waals surface area (Å²) >= 11 is 0. The molecule has 0 saturated carbocycles. The molecule has 0 bridgehead atoms. The Labute approximate surface area is 177 Å². The normalized spacial score (nSPS) is 14.4. The molecule has 1 unspecified atom stereocenters. The van der Waals surface area contributed by atoms with Gasteiger partial charge in [0.1, 0.15) is 5.75 Å². The molecule has 1 atom stereocenters. The van der Waals surface area contributed by atoms with Gasteiger partial charge < -0.3 is 14.2 Å². The maximum atomic E-state index is 14.2. The van der Waals surface area contributed by atoms with Crippen molar-refractivity contribution in [1.29, 1.82) is 0 Å². The summed E-state index contributed by atoms with van der Waals surface area (Å²) in [5.74, 6) is 2.20. The van der Waals surface area contributed by atoms with Gasteiger partial charge in [-0.25, -0.2) is 4.39 Å². The summed E-state index contributed by atoms with van der Waals surface area (Å²) in [4.78, 5) is 0. The zero-order chi connectivity index (χ0) is 21.0. The predicted octanol–water partition coefficient (Wildman–Crippen LogP) is 7.04. The van der Waals surface area contributed by atoms with E-state index in [-0.39, 0.29) is 17.0 Å². The minimum Gasteiger partial charge on any atom is -0.454 e. The fourth-order valence-electron chi connectivity index (χ4n) is 3.88. The van der Waals surface area contributed by atoms with E-state index in [0.29, 0.717) is 12.5 Å². The van der Waals surface area contributed by atoms with Gasteiger partial charge in [0.15, 0.2) is 23.1 Å². The summed E-state index contributed by atoms with van der Waals surface area (Å²) in [6.07, 6.45) is 3.91. The average Bonchev–Trinajstić information content (AvgIpc) is 3.24. The van der Waals surface area contributed by atoms with Gasteiger partial charge in [-0.3, -0.25) is 0 Å². The van der Waals surface area contributed by atoms with Crippen molar-refractivity contribution in [2.45, 2.75) is 44.9 Å². The first-order chi connectivity index (χ1) is 14.6. The molecule has 3 aromatic carbocycles. The lowest BCUT2D eigenvalue weighted by molar-refractivity contribution is 0.174. The molecule has 0 spiro atoms. The zero-order valence-electron chi connectivity index (χ0n) is 17.5. The van der Waals surface area contributed by atoms with Crippen LogP contribution in [0.5, 0.6) is 23.0 Å². The van der Waals surface area contributed by atoms with Crippen LogP contribution in [0.1, 0.15) is 44.2 Å². The van der Waals surface area contributed by atoms with E-state index >= 15 is 0 Å². The maximum Gasteiger partial charge on any atom is 0.231 e. The smallest absolute Gasteiger partial charge is 0.231 e. The molecule has 0 radical (unpaired) electrons. The Balaban J connectivity index is 1.42. The molecular formula is C26H27FO3. The van der Waals surface area contributed by atoms with E-state index in [1.54, 1.807) is 0 Å². The quantitative estimate of drug-likeness (QED) is 0.402. The number of fused-ring (bicyclic) bond motifs is 1. The van der Waals surface area contributed by atoms with Crippen LogP contribution in [-0.4, -0.2) is 6.79 Å². The number of benzene rings is 3. The van der Waals surface area contributed by atoms with Crippen molar-refractivity contribution in [2.75, 3.05) is 6.79 Å². The van der Waals surface area contributed by atoms with E-state index in [9.17, 15) is 4.39 Å². The first-order valence-corrected chi connectivity index (χ1v) is 10.5. The van der Waals surface area contributed by atoms with Crippen molar-refractivity contribution >= 4 is 0 Å². The second-order valence-electron chi connectivity index (χ2n) is 8.02. The van der Waals surface area contributed by atoms with Crippen molar-refractivity contribution < 1.29 is 18.6 Å². The molecule has 4 rings (SSSR count). The van der Waals surface area contributed by atoms with E-state index in [4.69, 9.17) is 14.2 Å². The van der Waals surface area contributed by atoms with Crippen molar-refractivity contribution in [1.82, 2.24) is 0 Å². The Morgan fingerprint density at radius 2 is 1.77 bits per heavy atom. The third-order valence-electron chi connectivity index (χ3n) is 6.01. The van der Waals surface area contributed by atoms with Crippen molar-refractivity contribution in [3.8, 4) is 23.0 Å². The Morgan fingerprint density at radius 3 is 2.57 bits per heavy atom. The number of hydrogen-bond acceptors (Lipinski definition) is 3. The second kappa shape index (κ2) is 8.78. The van der Waals surface area contributed by atoms with Crippen LogP contribution < -0.4 is 14.2 Å². The highest BCUT2D eigenvalue weighted by molar-refractivity contribution is 5.46. The summed E-state index contributed by atoms with van der Waals surface area (Å²) in [6.45, 7) is 4.80. The standard InChI is InChI=1S/C26H27FO3/c1-3-26(2,20-12-14-23-25(17-20)29-18-28-23)15-7-8-19-11-13-22(27)24(16-19)30-21-9-5-4-6-10-21/h4-6,9-14,16-17H,3,7-8,15,18H2,1-2H3. The third-order valence-corrected chi connectivity index (χ3v) is 6.01. The average molecular weight is 406 g/mol. The van der Waals surface area contributed by atoms with E-state index in [1.807, 2.05) is 48.5 Å². The van der Waals surface area contributed by atoms with Crippen LogP contribution in [0.2, 0.25) is 0 Å². The predicted molar refractivity (Wildman–Crippen MR) is 116 cm³/mol. The molecule has 3 aromatic rings. The van der Waals surface area contributed by atoms with E-state index in [2.05, 4.69) is 26.0 Å². The van der Waals surface area contributed by atoms with Crippen LogP contribution in [0.3, 0.4) is 0 Å². The lowest BCUT2D eigenvalue weighted by atomic mass is 9.76. The van der Waals surface area contributed by atoms with Crippen LogP contribution in [0.15, 0.2) is 66.7 Å². The Bertz CT molecular complexity index is 1000. The first-order valence-electron chi connectivity index (χ1n) is 10.5. The lowest BCUT2D eigenvalue weighted by Gasteiger charge is -2.29. The van der Waals surface area contributed by atoms with Gasteiger partial charge in [0.05, 0.1) is 0 Å². The number of halogens is 1. The molecule has 1 aliphatic heterocycles. The lowest BCUT2D eigenvalue weighted by Crippen LogP contribution is -2.21. The number of para-hydroxylation sites is 1. The third kappa shape index (κ3) is 4.43. The summed E-state index contributed by atoms with van der Waals surface area (Å²) < 4.78 is 30.9. The van der Waals surface area contributed by atoms with Gasteiger partial charge in [-0.05, 0) is 78.6 Å². The Morgan fingerprint density at radius 1 is 0.967 bits per heavy atom. The summed E-state index contributed by atoms with van der Waals surface area (Å²) in [7, 11) is 0. The summed E-state index contributed by atoms with van der Waals surface area (Å²) in [5.41, 5.74) is 2.39. The highest BCUT2D eigenvalue weighted by Gasteiger charge is 2.26. The highest BCUT2D eigenvalue weighted by atomic mass is 19.1. The number of hydrogen-bond donors (Lipinski definition) is 0. The number of rotatable bonds is 8. The van der Waals surface area contributed by atoms with Crippen LogP contribution >= 0.6 is 0 Å². The molecule has 4 heteroatoms. The van der Waals surface area contributed by atoms with Crippen LogP contribution in [0.25, 0.3) is 0 Å². The molecule has 1 heterocycles. The van der Waals surface area contributed by atoms with Crippen molar-refractivity contribution in [2.24, 2.45) is 0 Å². The fourth-order valence-corrected chi connectivity index (χ4v) is 3.88. The molecule has 156 valence electrons. The molecule has 30 heavy (non-hydrogen) atoms. The Kier molecular flexibility index (Phi) is 5.93. The van der Waals surface area contributed by atoms with Gasteiger partial charge in [-0.2, -0.15) is 0 Å². The summed E-state index contributed by atoms with van der Waals surface area (Å²) in [5, 5.41) is 0. The topological polar surface area (TPSA) is 27.7 Å². The second-order valence-corrected chi connectivity index (χ2v) is 8.02. The largest absolute Gasteiger partial charge is 0.454 e. The Hall–Kier alpha value is -3.01. The molecule has 1 aliphatic rings. The molecule has 0 N–H and O–H groups in total.